The van der Waals surface area contributed by atoms with E-state index in [4.69, 9.17) is 0 Å². The predicted molar refractivity (Wildman–Crippen MR) is 150 cm³/mol. The molecule has 2 aromatic rings. The summed E-state index contributed by atoms with van der Waals surface area (Å²) < 4.78 is 81.9. The fraction of sp³-hybridized carbons (Fsp3) is 0.407. The zero-order valence-electron chi connectivity index (χ0n) is 22.9. The van der Waals surface area contributed by atoms with Gasteiger partial charge in [0.25, 0.3) is 6.03 Å². The van der Waals surface area contributed by atoms with Crippen LogP contribution >= 0.6 is 0 Å². The summed E-state index contributed by atoms with van der Waals surface area (Å²) in [5.41, 5.74) is -1.06. The number of fused-ring (bicyclic) bond motifs is 1. The number of nitrogens with one attached hydrogen (secondary N) is 2. The summed E-state index contributed by atoms with van der Waals surface area (Å²) in [7, 11) is -5.10. The van der Waals surface area contributed by atoms with E-state index in [0.29, 0.717) is 17.5 Å². The molecule has 1 fully saturated rings. The van der Waals surface area contributed by atoms with Gasteiger partial charge in [-0.2, -0.15) is 26.3 Å². The molecule has 0 saturated carbocycles. The molecular formula is C27H31BF6N2O2Si2. The zero-order chi connectivity index (χ0) is 29.8. The summed E-state index contributed by atoms with van der Waals surface area (Å²) in [5.74, 6) is 0. The molecule has 1 saturated heterocycles. The molecule has 2 amide bonds. The molecule has 1 aliphatic carbocycles. The molecule has 0 bridgehead atoms. The van der Waals surface area contributed by atoms with Gasteiger partial charge in [-0.1, -0.05) is 63.8 Å². The molecular weight excluding hydrogens is 565 g/mol. The lowest BCUT2D eigenvalue weighted by atomic mass is 9.90. The molecule has 2 aromatic carbocycles. The van der Waals surface area contributed by atoms with Gasteiger partial charge < -0.3 is 10.5 Å². The van der Waals surface area contributed by atoms with Gasteiger partial charge in [-0.3, -0.25) is 9.59 Å². The van der Waals surface area contributed by atoms with E-state index in [0.717, 1.165) is 30.5 Å². The van der Waals surface area contributed by atoms with E-state index in [2.05, 4.69) is 10.5 Å². The number of hydrogen-bond acceptors (Lipinski definition) is 2. The Morgan fingerprint density at radius 2 is 1.65 bits per heavy atom. The van der Waals surface area contributed by atoms with E-state index >= 15 is 0 Å². The number of rotatable bonds is 7. The first-order chi connectivity index (χ1) is 18.4. The van der Waals surface area contributed by atoms with Crippen LogP contribution in [-0.2, 0) is 12.4 Å². The Balaban J connectivity index is 1.81. The summed E-state index contributed by atoms with van der Waals surface area (Å²) in [5, 5.41) is 6.03. The van der Waals surface area contributed by atoms with Crippen LogP contribution in [0.4, 0.5) is 35.9 Å². The lowest BCUT2D eigenvalue weighted by Gasteiger charge is -2.46. The Hall–Kier alpha value is -2.80. The van der Waals surface area contributed by atoms with Crippen molar-refractivity contribution in [3.8, 4) is 11.1 Å². The lowest BCUT2D eigenvalue weighted by Crippen LogP contribution is -2.87. The van der Waals surface area contributed by atoms with E-state index in [-0.39, 0.29) is 34.3 Å². The van der Waals surface area contributed by atoms with Gasteiger partial charge >= 0.3 is 12.4 Å². The average Bonchev–Trinajstić information content (AvgIpc) is 3.21. The van der Waals surface area contributed by atoms with Crippen LogP contribution in [0.15, 0.2) is 42.0 Å². The normalized spacial score (nSPS) is 18.6. The maximum atomic E-state index is 13.8. The third kappa shape index (κ3) is 5.41. The molecule has 2 N–H and O–H groups in total. The Morgan fingerprint density at radius 1 is 1.05 bits per heavy atom. The Labute approximate surface area is 231 Å². The lowest BCUT2D eigenvalue weighted by molar-refractivity contribution is -0.143. The van der Waals surface area contributed by atoms with Crippen LogP contribution in [0.5, 0.6) is 0 Å². The standard InChI is InChI=1S/C27H31BF6N2O2Si2/c1-6-7-9-17-12-16-10-8-11-21(18-13-19(26(29,30)31)15-20(14-18)27(32,33)34)22(16)23(17)35-24(37)39(2,3)28-36-25(38)40(28,4)5/h8,10-15,23H,6-7,9H2,1-5H3,(H,35,37)(H,36,38). The second-order valence-electron chi connectivity index (χ2n) is 11.7. The summed E-state index contributed by atoms with van der Waals surface area (Å²) >= 11 is 0. The predicted octanol–water partition coefficient (Wildman–Crippen LogP) is 8.18. The van der Waals surface area contributed by atoms with Gasteiger partial charge in [-0.25, -0.2) is 0 Å². The second kappa shape index (κ2) is 10.2. The minimum absolute atomic E-state index is 0.00656. The molecule has 4 nitrogen and oxygen atoms in total. The Morgan fingerprint density at radius 3 is 2.15 bits per heavy atom. The monoisotopic (exact) mass is 596 g/mol. The van der Waals surface area contributed by atoms with Crippen LogP contribution in [0.25, 0.3) is 17.2 Å². The first kappa shape index (κ1) is 30.2. The molecule has 40 heavy (non-hydrogen) atoms. The average molecular weight is 597 g/mol. The van der Waals surface area contributed by atoms with Crippen molar-refractivity contribution in [2.45, 2.75) is 70.8 Å². The summed E-state index contributed by atoms with van der Waals surface area (Å²) in [6, 6.07) is 5.51. The van der Waals surface area contributed by atoms with E-state index in [1.165, 1.54) is 6.07 Å². The van der Waals surface area contributed by atoms with Crippen LogP contribution in [0.3, 0.4) is 0 Å². The molecule has 4 rings (SSSR count). The van der Waals surface area contributed by atoms with Gasteiger partial charge in [0.05, 0.1) is 17.2 Å². The van der Waals surface area contributed by atoms with E-state index in [1.807, 2.05) is 39.2 Å². The molecule has 1 aliphatic heterocycles. The van der Waals surface area contributed by atoms with Gasteiger partial charge in [0.1, 0.15) is 15.9 Å². The Kier molecular flexibility index (Phi) is 7.72. The molecule has 0 aromatic heterocycles. The largest absolute Gasteiger partial charge is 0.416 e. The molecule has 2 aliphatic rings. The zero-order valence-corrected chi connectivity index (χ0v) is 24.9. The summed E-state index contributed by atoms with van der Waals surface area (Å²) in [6.07, 6.45) is -5.83. The number of carbonyl (C=O) groups excluding carboxylic acids is 2. The van der Waals surface area contributed by atoms with Crippen LogP contribution in [0, 0.1) is 0 Å². The first-order valence-electron chi connectivity index (χ1n) is 13.1. The number of halogens is 6. The van der Waals surface area contributed by atoms with Gasteiger partial charge in [0.15, 0.2) is 11.1 Å². The highest BCUT2D eigenvalue weighted by Gasteiger charge is 2.63. The molecule has 214 valence electrons. The van der Waals surface area contributed by atoms with Crippen molar-refractivity contribution in [3.05, 3.63) is 64.2 Å². The highest BCUT2D eigenvalue weighted by Crippen LogP contribution is 2.45. The van der Waals surface area contributed by atoms with E-state index in [9.17, 15) is 35.9 Å². The molecule has 1 heterocycles. The first-order valence-corrected chi connectivity index (χ1v) is 19.3. The maximum Gasteiger partial charge on any atom is 0.416 e. The highest BCUT2D eigenvalue weighted by molar-refractivity contribution is 7.75. The SMILES string of the molecule is CCCCC1=Cc2cccc(-c3cc(C(F)(F)F)cc(C(F)(F)F)c3)c2C1NC(=O)[Si](C)(C)B1NC(=O)[Si]1(C)C. The third-order valence-corrected chi connectivity index (χ3v) is 18.2. The van der Waals surface area contributed by atoms with Crippen molar-refractivity contribution in [1.29, 1.82) is 0 Å². The van der Waals surface area contributed by atoms with Crippen molar-refractivity contribution in [2.24, 2.45) is 0 Å². The molecule has 1 atom stereocenters. The summed E-state index contributed by atoms with van der Waals surface area (Å²) in [6.45, 7) is 9.59. The van der Waals surface area contributed by atoms with Crippen molar-refractivity contribution in [3.63, 3.8) is 0 Å². The van der Waals surface area contributed by atoms with Gasteiger partial charge in [-0.05, 0) is 58.9 Å². The fourth-order valence-electron chi connectivity index (χ4n) is 5.71. The number of hydrogen-bond donors (Lipinski definition) is 2. The van der Waals surface area contributed by atoms with Crippen molar-refractivity contribution < 1.29 is 35.9 Å². The van der Waals surface area contributed by atoms with Gasteiger partial charge in [-0.15, -0.1) is 0 Å². The smallest absolute Gasteiger partial charge is 0.408 e. The van der Waals surface area contributed by atoms with Crippen LogP contribution < -0.4 is 10.5 Å². The number of carbonyl (C=O) groups is 2. The number of unbranched alkanes of at least 4 members (excludes halogenated alkanes) is 1. The number of benzene rings is 2. The molecule has 0 radical (unpaired) electrons. The Bertz CT molecular complexity index is 1360. The number of amides is 2. The maximum absolute atomic E-state index is 13.8. The quantitative estimate of drug-likeness (QED) is 0.250. The van der Waals surface area contributed by atoms with E-state index in [1.54, 1.807) is 12.1 Å². The number of alkyl halides is 6. The topological polar surface area (TPSA) is 58.2 Å². The van der Waals surface area contributed by atoms with Gasteiger partial charge in [0, 0.05) is 0 Å². The minimum Gasteiger partial charge on any atom is -0.408 e. The van der Waals surface area contributed by atoms with Crippen LogP contribution in [0.1, 0.15) is 54.5 Å². The second-order valence-corrected chi connectivity index (χ2v) is 21.2. The molecule has 0 spiro atoms. The molecule has 1 unspecified atom stereocenters. The van der Waals surface area contributed by atoms with E-state index < -0.39 is 45.4 Å². The van der Waals surface area contributed by atoms with Crippen LogP contribution in [-0.4, -0.2) is 33.0 Å². The van der Waals surface area contributed by atoms with Gasteiger partial charge in [0.2, 0.25) is 0 Å². The van der Waals surface area contributed by atoms with Crippen molar-refractivity contribution in [1.82, 2.24) is 10.5 Å². The van der Waals surface area contributed by atoms with Crippen molar-refractivity contribution >= 4 is 39.1 Å². The summed E-state index contributed by atoms with van der Waals surface area (Å²) in [4.78, 5) is 26.0. The van der Waals surface area contributed by atoms with Crippen LogP contribution in [0.2, 0.25) is 26.2 Å². The van der Waals surface area contributed by atoms with Crippen molar-refractivity contribution in [2.75, 3.05) is 0 Å². The third-order valence-electron chi connectivity index (χ3n) is 8.02. The minimum atomic E-state index is -4.98. The fourth-order valence-corrected chi connectivity index (χ4v) is 16.2. The highest BCUT2D eigenvalue weighted by atomic mass is 28.4. The molecule has 13 heteroatoms.